The first-order valence-corrected chi connectivity index (χ1v) is 5.87. The third kappa shape index (κ3) is 2.69. The third-order valence-corrected chi connectivity index (χ3v) is 3.30. The molecule has 0 saturated carbocycles. The molecular formula is C12H12Cl2NO. The summed E-state index contributed by atoms with van der Waals surface area (Å²) in [6, 6.07) is 5.57. The van der Waals surface area contributed by atoms with Crippen LogP contribution in [0.4, 0.5) is 0 Å². The zero-order chi connectivity index (χ0) is 11.6. The lowest BCUT2D eigenvalue weighted by molar-refractivity contribution is 0.264. The van der Waals surface area contributed by atoms with Gasteiger partial charge >= 0.3 is 0 Å². The molecule has 0 N–H and O–H groups in total. The molecule has 0 fully saturated rings. The zero-order valence-electron chi connectivity index (χ0n) is 8.96. The smallest absolute Gasteiger partial charge is 0.273 e. The minimum atomic E-state index is -0.164. The molecule has 2 nitrogen and oxygen atoms in total. The highest BCUT2D eigenvalue weighted by atomic mass is 35.5. The topological polar surface area (TPSA) is 21.6 Å². The maximum atomic E-state index is 6.10. The number of aliphatic imine (C=N–C) groups is 1. The predicted octanol–water partition coefficient (Wildman–Crippen LogP) is 3.62. The first-order valence-electron chi connectivity index (χ1n) is 5.12. The second kappa shape index (κ2) is 4.64. The second-order valence-corrected chi connectivity index (χ2v) is 5.07. The van der Waals surface area contributed by atoms with Crippen LogP contribution in [0.2, 0.25) is 10.0 Å². The normalized spacial score (nSPS) is 23.4. The quantitative estimate of drug-likeness (QED) is 0.810. The van der Waals surface area contributed by atoms with Gasteiger partial charge in [-0.15, -0.1) is 0 Å². The van der Waals surface area contributed by atoms with Crippen LogP contribution >= 0.6 is 23.2 Å². The first-order chi connectivity index (χ1) is 7.59. The van der Waals surface area contributed by atoms with E-state index in [-0.39, 0.29) is 5.54 Å². The van der Waals surface area contributed by atoms with Crippen LogP contribution in [-0.2, 0) is 11.2 Å². The van der Waals surface area contributed by atoms with Crippen LogP contribution in [0.3, 0.4) is 0 Å². The molecule has 16 heavy (non-hydrogen) atoms. The van der Waals surface area contributed by atoms with E-state index in [0.717, 1.165) is 18.4 Å². The molecule has 1 aliphatic rings. The predicted molar refractivity (Wildman–Crippen MR) is 66.6 cm³/mol. The summed E-state index contributed by atoms with van der Waals surface area (Å²) >= 11 is 11.9. The fraction of sp³-hybridized carbons (Fsp3) is 0.417. The lowest BCUT2D eigenvalue weighted by atomic mass is 9.95. The molecule has 4 heteroatoms. The molecule has 0 spiro atoms. The summed E-state index contributed by atoms with van der Waals surface area (Å²) < 4.78 is 5.03. The SMILES string of the molecule is CC1(CCc2ccc(Cl)cc2Cl)CO[C]=N1. The lowest BCUT2D eigenvalue weighted by Crippen LogP contribution is -2.24. The van der Waals surface area contributed by atoms with Gasteiger partial charge in [-0.25, -0.2) is 4.99 Å². The van der Waals surface area contributed by atoms with Crippen molar-refractivity contribution in [3.8, 4) is 0 Å². The zero-order valence-corrected chi connectivity index (χ0v) is 10.5. The molecule has 1 unspecified atom stereocenters. The summed E-state index contributed by atoms with van der Waals surface area (Å²) in [5, 5.41) is 1.37. The highest BCUT2D eigenvalue weighted by molar-refractivity contribution is 6.35. The Morgan fingerprint density at radius 2 is 2.31 bits per heavy atom. The van der Waals surface area contributed by atoms with Crippen LogP contribution in [0.25, 0.3) is 0 Å². The van der Waals surface area contributed by atoms with Crippen LogP contribution < -0.4 is 0 Å². The molecule has 1 aromatic carbocycles. The maximum Gasteiger partial charge on any atom is 0.273 e. The Morgan fingerprint density at radius 1 is 1.50 bits per heavy atom. The number of benzene rings is 1. The summed E-state index contributed by atoms with van der Waals surface area (Å²) in [7, 11) is 0. The summed E-state index contributed by atoms with van der Waals surface area (Å²) in [6.45, 7) is 2.65. The van der Waals surface area contributed by atoms with E-state index >= 15 is 0 Å². The van der Waals surface area contributed by atoms with Crippen molar-refractivity contribution in [2.45, 2.75) is 25.3 Å². The third-order valence-electron chi connectivity index (χ3n) is 2.71. The van der Waals surface area contributed by atoms with E-state index in [1.165, 1.54) is 0 Å². The number of nitrogens with zero attached hydrogens (tertiary/aromatic N) is 1. The van der Waals surface area contributed by atoms with Crippen molar-refractivity contribution in [1.29, 1.82) is 0 Å². The molecular weight excluding hydrogens is 245 g/mol. The van der Waals surface area contributed by atoms with Gasteiger partial charge in [0, 0.05) is 10.0 Å². The number of hydrogen-bond donors (Lipinski definition) is 0. The average molecular weight is 257 g/mol. The van der Waals surface area contributed by atoms with Crippen LogP contribution in [0.1, 0.15) is 18.9 Å². The molecule has 1 aliphatic heterocycles. The summed E-state index contributed by atoms with van der Waals surface area (Å²) in [6.07, 6.45) is 4.30. The van der Waals surface area contributed by atoms with Crippen molar-refractivity contribution in [3.05, 3.63) is 33.8 Å². The van der Waals surface area contributed by atoms with E-state index in [4.69, 9.17) is 27.9 Å². The number of ether oxygens (including phenoxy) is 1. The standard InChI is InChI=1S/C12H12Cl2NO/c1-12(7-16-8-15-12)5-4-9-2-3-10(13)6-11(9)14/h2-3,6H,4-5,7H2,1H3. The van der Waals surface area contributed by atoms with Crippen LogP contribution in [0.5, 0.6) is 0 Å². The van der Waals surface area contributed by atoms with Gasteiger partial charge in [-0.2, -0.15) is 0 Å². The molecule has 0 aliphatic carbocycles. The van der Waals surface area contributed by atoms with Crippen molar-refractivity contribution < 1.29 is 4.74 Å². The fourth-order valence-corrected chi connectivity index (χ4v) is 2.12. The minimum absolute atomic E-state index is 0.164. The van der Waals surface area contributed by atoms with Gasteiger partial charge in [0.1, 0.15) is 6.61 Å². The van der Waals surface area contributed by atoms with E-state index in [1.807, 2.05) is 12.1 Å². The number of halogens is 2. The highest BCUT2D eigenvalue weighted by Gasteiger charge is 2.27. The molecule has 85 valence electrons. The summed E-state index contributed by atoms with van der Waals surface area (Å²) in [5.41, 5.74) is 0.928. The molecule has 0 aromatic heterocycles. The van der Waals surface area contributed by atoms with Crippen molar-refractivity contribution in [2.75, 3.05) is 6.61 Å². The van der Waals surface area contributed by atoms with Gasteiger partial charge in [-0.3, -0.25) is 0 Å². The van der Waals surface area contributed by atoms with E-state index < -0.39 is 0 Å². The Kier molecular flexibility index (Phi) is 3.41. The molecule has 0 amide bonds. The monoisotopic (exact) mass is 256 g/mol. The van der Waals surface area contributed by atoms with E-state index in [0.29, 0.717) is 16.7 Å². The van der Waals surface area contributed by atoms with Crippen LogP contribution in [0, 0.1) is 0 Å². The fourth-order valence-electron chi connectivity index (χ4n) is 1.62. The van der Waals surface area contributed by atoms with Gasteiger partial charge in [0.2, 0.25) is 0 Å². The largest absolute Gasteiger partial charge is 0.472 e. The molecule has 0 bridgehead atoms. The second-order valence-electron chi connectivity index (χ2n) is 4.22. The van der Waals surface area contributed by atoms with Gasteiger partial charge in [0.05, 0.1) is 5.54 Å². The maximum absolute atomic E-state index is 6.10. The van der Waals surface area contributed by atoms with Crippen molar-refractivity contribution >= 4 is 29.6 Å². The number of aryl methyl sites for hydroxylation is 1. The number of hydrogen-bond acceptors (Lipinski definition) is 2. The van der Waals surface area contributed by atoms with Crippen molar-refractivity contribution in [1.82, 2.24) is 0 Å². The number of rotatable bonds is 3. The van der Waals surface area contributed by atoms with Crippen LogP contribution in [-0.4, -0.2) is 18.5 Å². The summed E-state index contributed by atoms with van der Waals surface area (Å²) in [4.78, 5) is 4.19. The highest BCUT2D eigenvalue weighted by Crippen LogP contribution is 2.26. The molecule has 1 aromatic rings. The molecule has 1 radical (unpaired) electrons. The molecule has 0 saturated heterocycles. The Bertz CT molecular complexity index is 419. The van der Waals surface area contributed by atoms with Crippen LogP contribution in [0.15, 0.2) is 23.2 Å². The first kappa shape index (κ1) is 11.7. The van der Waals surface area contributed by atoms with Crippen molar-refractivity contribution in [3.63, 3.8) is 0 Å². The van der Waals surface area contributed by atoms with Gasteiger partial charge in [-0.05, 0) is 37.5 Å². The van der Waals surface area contributed by atoms with E-state index in [2.05, 4.69) is 18.3 Å². The van der Waals surface area contributed by atoms with E-state index in [9.17, 15) is 0 Å². The molecule has 2 rings (SSSR count). The molecule has 1 heterocycles. The lowest BCUT2D eigenvalue weighted by Gasteiger charge is -2.18. The Balaban J connectivity index is 2.02. The van der Waals surface area contributed by atoms with E-state index in [1.54, 1.807) is 6.07 Å². The van der Waals surface area contributed by atoms with Gasteiger partial charge in [-0.1, -0.05) is 29.3 Å². The van der Waals surface area contributed by atoms with Gasteiger partial charge in [0.15, 0.2) is 0 Å². The Hall–Kier alpha value is -0.730. The Morgan fingerprint density at radius 3 is 2.94 bits per heavy atom. The summed E-state index contributed by atoms with van der Waals surface area (Å²) in [5.74, 6) is 0. The average Bonchev–Trinajstić information content (AvgIpc) is 2.64. The van der Waals surface area contributed by atoms with Crippen molar-refractivity contribution in [2.24, 2.45) is 4.99 Å². The minimum Gasteiger partial charge on any atom is -0.472 e. The van der Waals surface area contributed by atoms with Gasteiger partial charge in [0.25, 0.3) is 6.40 Å². The Labute approximate surface area is 105 Å². The van der Waals surface area contributed by atoms with Gasteiger partial charge < -0.3 is 4.74 Å². The molecule has 1 atom stereocenters.